The summed E-state index contributed by atoms with van der Waals surface area (Å²) in [6, 6.07) is 8.19. The Morgan fingerprint density at radius 3 is 2.65 bits per heavy atom. The summed E-state index contributed by atoms with van der Waals surface area (Å²) < 4.78 is 1.27. The van der Waals surface area contributed by atoms with Crippen LogP contribution >= 0.6 is 11.6 Å². The highest BCUT2D eigenvalue weighted by atomic mass is 35.5. The first-order chi connectivity index (χ1) is 9.58. The Bertz CT molecular complexity index is 665. The lowest BCUT2D eigenvalue weighted by Gasteiger charge is -2.07. The van der Waals surface area contributed by atoms with Crippen molar-refractivity contribution in [1.29, 1.82) is 0 Å². The lowest BCUT2D eigenvalue weighted by Crippen LogP contribution is -2.27. The van der Waals surface area contributed by atoms with Crippen LogP contribution < -0.4 is 10.9 Å². The van der Waals surface area contributed by atoms with Gasteiger partial charge in [-0.3, -0.25) is 14.2 Å². The number of hydrogen-bond acceptors (Lipinski definition) is 3. The van der Waals surface area contributed by atoms with Crippen LogP contribution in [0.5, 0.6) is 0 Å². The minimum absolute atomic E-state index is 0.0710. The number of rotatable bonds is 4. The Kier molecular flexibility index (Phi) is 4.53. The third-order valence-corrected chi connectivity index (χ3v) is 2.99. The number of benzene rings is 1. The number of amides is 1. The van der Waals surface area contributed by atoms with Crippen molar-refractivity contribution in [3.8, 4) is 0 Å². The summed E-state index contributed by atoms with van der Waals surface area (Å²) in [6.07, 6.45) is 2.08. The van der Waals surface area contributed by atoms with Crippen LogP contribution in [0.25, 0.3) is 0 Å². The SMILES string of the molecule is CCc1cc(=O)n(CC(=O)Nc2ccc(Cl)cc2)cn1. The summed E-state index contributed by atoms with van der Waals surface area (Å²) in [4.78, 5) is 27.7. The van der Waals surface area contributed by atoms with E-state index >= 15 is 0 Å². The molecule has 1 heterocycles. The smallest absolute Gasteiger partial charge is 0.253 e. The molecule has 0 saturated carbocycles. The van der Waals surface area contributed by atoms with Crippen LogP contribution in [0, 0.1) is 0 Å². The number of carbonyl (C=O) groups excluding carboxylic acids is 1. The maximum atomic E-state index is 11.8. The lowest BCUT2D eigenvalue weighted by atomic mass is 10.3. The fraction of sp³-hybridized carbons (Fsp3) is 0.214. The summed E-state index contributed by atoms with van der Waals surface area (Å²) in [5, 5.41) is 3.28. The molecule has 0 aliphatic rings. The molecule has 0 saturated heterocycles. The maximum Gasteiger partial charge on any atom is 0.253 e. The summed E-state index contributed by atoms with van der Waals surface area (Å²) in [7, 11) is 0. The fourth-order valence-corrected chi connectivity index (χ4v) is 1.79. The molecule has 0 radical (unpaired) electrons. The Morgan fingerprint density at radius 2 is 2.05 bits per heavy atom. The number of aryl methyl sites for hydroxylation is 1. The van der Waals surface area contributed by atoms with Gasteiger partial charge in [0.1, 0.15) is 6.54 Å². The van der Waals surface area contributed by atoms with Gasteiger partial charge in [0.2, 0.25) is 5.91 Å². The Labute approximate surface area is 121 Å². The number of hydrogen-bond donors (Lipinski definition) is 1. The Morgan fingerprint density at radius 1 is 1.35 bits per heavy atom. The van der Waals surface area contributed by atoms with Crippen LogP contribution in [-0.4, -0.2) is 15.5 Å². The van der Waals surface area contributed by atoms with Crippen molar-refractivity contribution in [3.05, 3.63) is 57.7 Å². The molecule has 2 rings (SSSR count). The fourth-order valence-electron chi connectivity index (χ4n) is 1.66. The topological polar surface area (TPSA) is 64.0 Å². The Balaban J connectivity index is 2.04. The van der Waals surface area contributed by atoms with E-state index in [-0.39, 0.29) is 18.0 Å². The molecule has 0 bridgehead atoms. The minimum Gasteiger partial charge on any atom is -0.325 e. The zero-order valence-electron chi connectivity index (χ0n) is 11.0. The molecule has 0 unspecified atom stereocenters. The molecular weight excluding hydrogens is 278 g/mol. The summed E-state index contributed by atoms with van der Waals surface area (Å²) in [6.45, 7) is 1.85. The second kappa shape index (κ2) is 6.34. The normalized spacial score (nSPS) is 10.3. The molecule has 1 N–H and O–H groups in total. The number of nitrogens with zero attached hydrogens (tertiary/aromatic N) is 2. The standard InChI is InChI=1S/C14H14ClN3O2/c1-2-11-7-14(20)18(9-16-11)8-13(19)17-12-5-3-10(15)4-6-12/h3-7,9H,2,8H2,1H3,(H,17,19). The number of carbonyl (C=O) groups is 1. The van der Waals surface area contributed by atoms with Gasteiger partial charge < -0.3 is 5.32 Å². The monoisotopic (exact) mass is 291 g/mol. The molecule has 0 atom stereocenters. The summed E-state index contributed by atoms with van der Waals surface area (Å²) >= 11 is 5.76. The first-order valence-corrected chi connectivity index (χ1v) is 6.57. The van der Waals surface area contributed by atoms with Gasteiger partial charge in [-0.05, 0) is 30.7 Å². The highest BCUT2D eigenvalue weighted by molar-refractivity contribution is 6.30. The van der Waals surface area contributed by atoms with Crippen molar-refractivity contribution >= 4 is 23.2 Å². The van der Waals surface area contributed by atoms with Crippen LogP contribution in [0.15, 0.2) is 41.5 Å². The zero-order valence-corrected chi connectivity index (χ0v) is 11.7. The molecule has 0 aliphatic heterocycles. The van der Waals surface area contributed by atoms with Gasteiger partial charge in [0.05, 0.1) is 6.33 Å². The lowest BCUT2D eigenvalue weighted by molar-refractivity contribution is -0.116. The molecule has 1 aromatic heterocycles. The Hall–Kier alpha value is -2.14. The van der Waals surface area contributed by atoms with Gasteiger partial charge in [0, 0.05) is 22.5 Å². The first kappa shape index (κ1) is 14.3. The van der Waals surface area contributed by atoms with E-state index in [0.717, 1.165) is 0 Å². The van der Waals surface area contributed by atoms with E-state index in [1.165, 1.54) is 17.0 Å². The molecule has 6 heteroatoms. The average Bonchev–Trinajstić information content (AvgIpc) is 2.43. The zero-order chi connectivity index (χ0) is 14.5. The van der Waals surface area contributed by atoms with E-state index < -0.39 is 0 Å². The second-order valence-electron chi connectivity index (χ2n) is 4.26. The molecular formula is C14H14ClN3O2. The van der Waals surface area contributed by atoms with Gasteiger partial charge in [-0.15, -0.1) is 0 Å². The van der Waals surface area contributed by atoms with Gasteiger partial charge in [-0.25, -0.2) is 4.98 Å². The van der Waals surface area contributed by atoms with Crippen molar-refractivity contribution < 1.29 is 4.79 Å². The van der Waals surface area contributed by atoms with Crippen LogP contribution in [0.4, 0.5) is 5.69 Å². The number of nitrogens with one attached hydrogen (secondary N) is 1. The number of halogens is 1. The predicted molar refractivity (Wildman–Crippen MR) is 78.0 cm³/mol. The van der Waals surface area contributed by atoms with E-state index in [4.69, 9.17) is 11.6 Å². The number of anilines is 1. The first-order valence-electron chi connectivity index (χ1n) is 6.19. The minimum atomic E-state index is -0.291. The van der Waals surface area contributed by atoms with Crippen LogP contribution in [0.2, 0.25) is 5.02 Å². The predicted octanol–water partition coefficient (Wildman–Crippen LogP) is 2.10. The van der Waals surface area contributed by atoms with Gasteiger partial charge >= 0.3 is 0 Å². The summed E-state index contributed by atoms with van der Waals surface area (Å²) in [5.41, 5.74) is 1.11. The van der Waals surface area contributed by atoms with Gasteiger partial charge in [0.15, 0.2) is 0 Å². The van der Waals surface area contributed by atoms with Crippen molar-refractivity contribution in [2.45, 2.75) is 19.9 Å². The van der Waals surface area contributed by atoms with Crippen molar-refractivity contribution in [3.63, 3.8) is 0 Å². The van der Waals surface area contributed by atoms with Gasteiger partial charge in [-0.1, -0.05) is 18.5 Å². The quantitative estimate of drug-likeness (QED) is 0.938. The molecule has 1 amide bonds. The van der Waals surface area contributed by atoms with Gasteiger partial charge in [0.25, 0.3) is 5.56 Å². The molecule has 0 fully saturated rings. The van der Waals surface area contributed by atoms with E-state index in [1.807, 2.05) is 6.92 Å². The van der Waals surface area contributed by atoms with Crippen LogP contribution in [0.1, 0.15) is 12.6 Å². The summed E-state index contributed by atoms with van der Waals surface area (Å²) in [5.74, 6) is -0.291. The molecule has 20 heavy (non-hydrogen) atoms. The molecule has 0 aliphatic carbocycles. The molecule has 2 aromatic rings. The third-order valence-electron chi connectivity index (χ3n) is 2.74. The van der Waals surface area contributed by atoms with Crippen molar-refractivity contribution in [1.82, 2.24) is 9.55 Å². The second-order valence-corrected chi connectivity index (χ2v) is 4.69. The van der Waals surface area contributed by atoms with E-state index in [0.29, 0.717) is 22.8 Å². The molecule has 5 nitrogen and oxygen atoms in total. The molecule has 1 aromatic carbocycles. The van der Waals surface area contributed by atoms with E-state index in [9.17, 15) is 9.59 Å². The average molecular weight is 292 g/mol. The van der Waals surface area contributed by atoms with E-state index in [2.05, 4.69) is 10.3 Å². The van der Waals surface area contributed by atoms with Gasteiger partial charge in [-0.2, -0.15) is 0 Å². The molecule has 0 spiro atoms. The number of aromatic nitrogens is 2. The van der Waals surface area contributed by atoms with Crippen LogP contribution in [-0.2, 0) is 17.8 Å². The highest BCUT2D eigenvalue weighted by Gasteiger charge is 2.06. The van der Waals surface area contributed by atoms with E-state index in [1.54, 1.807) is 24.3 Å². The maximum absolute atomic E-state index is 11.8. The van der Waals surface area contributed by atoms with Crippen LogP contribution in [0.3, 0.4) is 0 Å². The largest absolute Gasteiger partial charge is 0.325 e. The van der Waals surface area contributed by atoms with Crippen molar-refractivity contribution in [2.24, 2.45) is 0 Å². The van der Waals surface area contributed by atoms with Crippen molar-refractivity contribution in [2.75, 3.05) is 5.32 Å². The third kappa shape index (κ3) is 3.68. The highest BCUT2D eigenvalue weighted by Crippen LogP contribution is 2.13. The molecule has 104 valence electrons.